The molecule has 8 atom stereocenters. The van der Waals surface area contributed by atoms with E-state index < -0.39 is 89.7 Å². The molecule has 2 N–H and O–H groups in total. The maximum absolute atomic E-state index is 15.7. The lowest BCUT2D eigenvalue weighted by molar-refractivity contribution is -0.225. The predicted molar refractivity (Wildman–Crippen MR) is 232 cm³/mol. The van der Waals surface area contributed by atoms with E-state index in [0.29, 0.717) is 12.8 Å². The van der Waals surface area contributed by atoms with E-state index in [4.69, 9.17) is 23.8 Å². The average molecular weight is 946 g/mol. The summed E-state index contributed by atoms with van der Waals surface area (Å²) in [5.74, 6) is -2.89. The van der Waals surface area contributed by atoms with Gasteiger partial charge < -0.3 is 34.3 Å². The Hall–Kier alpha value is -3.15. The van der Waals surface area contributed by atoms with E-state index in [9.17, 15) is 19.5 Å². The number of likely N-dealkylation sites (N-methyl/N-ethyl adjacent to an activating group) is 1. The number of aliphatic hydroxyl groups is 1. The maximum Gasteiger partial charge on any atom is 0.327 e. The fraction of sp³-hybridized carbons (Fsp3) is 0.652. The van der Waals surface area contributed by atoms with Crippen LogP contribution in [0, 0.1) is 8.99 Å². The van der Waals surface area contributed by atoms with Gasteiger partial charge >= 0.3 is 11.9 Å². The van der Waals surface area contributed by atoms with Crippen LogP contribution in [-0.2, 0) is 55.9 Å². The highest BCUT2D eigenvalue weighted by Crippen LogP contribution is 2.58. The summed E-state index contributed by atoms with van der Waals surface area (Å²) in [5.41, 5.74) is -0.449. The van der Waals surface area contributed by atoms with Gasteiger partial charge in [-0.15, -0.1) is 0 Å². The number of hydroxylamine groups is 2. The smallest absolute Gasteiger partial charge is 0.327 e. The number of amides is 2. The van der Waals surface area contributed by atoms with Crippen LogP contribution in [0.25, 0.3) is 0 Å². The Balaban J connectivity index is 1.36. The zero-order chi connectivity index (χ0) is 43.2. The van der Waals surface area contributed by atoms with Crippen molar-refractivity contribution in [1.82, 2.24) is 15.3 Å². The number of carbonyl (C=O) groups excluding carboxylic acids is 4. The Kier molecular flexibility index (Phi) is 15.4. The molecule has 3 heterocycles. The number of aliphatic hydroxyl groups excluding tert-OH is 1. The SMILES string of the molecule is CCCCCC1(CCCCC)O[C@@H]2[C@H](O1)[C@H]1ON(Cc3ccccc3I)[C@H]3C(=O)O[C@@H]2C[C@@]13C(=O)N(C)[C@H](Cc1ccccc1)C(=O)N[C@H](CO)CCC(=O)OC(C)(C)C. The van der Waals surface area contributed by atoms with Crippen molar-refractivity contribution in [2.45, 2.75) is 172 Å². The quantitative estimate of drug-likeness (QED) is 0.0862. The topological polar surface area (TPSA) is 153 Å². The van der Waals surface area contributed by atoms with Gasteiger partial charge in [-0.1, -0.05) is 88.1 Å². The van der Waals surface area contributed by atoms with Gasteiger partial charge in [0.15, 0.2) is 11.8 Å². The molecule has 0 spiro atoms. The minimum absolute atomic E-state index is 0.0204. The van der Waals surface area contributed by atoms with Crippen LogP contribution in [0.5, 0.6) is 0 Å². The third-order valence-electron chi connectivity index (χ3n) is 12.3. The summed E-state index contributed by atoms with van der Waals surface area (Å²) in [5, 5.41) is 14.9. The minimum Gasteiger partial charge on any atom is -0.460 e. The Morgan fingerprint density at radius 2 is 1.63 bits per heavy atom. The summed E-state index contributed by atoms with van der Waals surface area (Å²) in [6.45, 7) is 9.43. The third-order valence-corrected chi connectivity index (χ3v) is 13.4. The van der Waals surface area contributed by atoms with Crippen molar-refractivity contribution in [3.63, 3.8) is 0 Å². The first-order valence-electron chi connectivity index (χ1n) is 21.8. The fourth-order valence-electron chi connectivity index (χ4n) is 9.38. The van der Waals surface area contributed by atoms with Gasteiger partial charge in [0.1, 0.15) is 41.5 Å². The van der Waals surface area contributed by atoms with Crippen molar-refractivity contribution in [1.29, 1.82) is 0 Å². The maximum atomic E-state index is 15.7. The number of hydrogen-bond acceptors (Lipinski definition) is 11. The molecule has 2 amide bonds. The Morgan fingerprint density at radius 3 is 2.27 bits per heavy atom. The van der Waals surface area contributed by atoms with Crippen molar-refractivity contribution in [3.05, 3.63) is 69.3 Å². The van der Waals surface area contributed by atoms with Gasteiger partial charge in [-0.2, -0.15) is 5.06 Å². The highest BCUT2D eigenvalue weighted by atomic mass is 127. The molecule has 13 nitrogen and oxygen atoms in total. The zero-order valence-electron chi connectivity index (χ0n) is 36.0. The summed E-state index contributed by atoms with van der Waals surface area (Å²) in [4.78, 5) is 65.6. The number of ether oxygens (including phenoxy) is 4. The van der Waals surface area contributed by atoms with Crippen LogP contribution in [0.3, 0.4) is 0 Å². The Morgan fingerprint density at radius 1 is 0.983 bits per heavy atom. The molecular formula is C46H64IN3O10. The molecule has 14 heteroatoms. The van der Waals surface area contributed by atoms with Gasteiger partial charge in [0.25, 0.3) is 0 Å². The molecular weight excluding hydrogens is 881 g/mol. The van der Waals surface area contributed by atoms with E-state index in [1.165, 1.54) is 4.90 Å². The molecule has 1 aliphatic carbocycles. The van der Waals surface area contributed by atoms with Crippen molar-refractivity contribution in [2.75, 3.05) is 13.7 Å². The summed E-state index contributed by atoms with van der Waals surface area (Å²) in [7, 11) is 1.59. The Bertz CT molecular complexity index is 1800. The number of nitrogens with zero attached hydrogens (tertiary/aromatic N) is 2. The Labute approximate surface area is 368 Å². The minimum atomic E-state index is -1.50. The van der Waals surface area contributed by atoms with Crippen molar-refractivity contribution >= 4 is 46.3 Å². The predicted octanol–water partition coefficient (Wildman–Crippen LogP) is 6.40. The highest BCUT2D eigenvalue weighted by Gasteiger charge is 2.76. The largest absolute Gasteiger partial charge is 0.460 e. The van der Waals surface area contributed by atoms with Crippen LogP contribution >= 0.6 is 22.6 Å². The molecule has 0 unspecified atom stereocenters. The number of unbranched alkanes of at least 4 members (excludes halogenated alkanes) is 4. The first kappa shape index (κ1) is 46.4. The summed E-state index contributed by atoms with van der Waals surface area (Å²) in [6, 6.07) is 14.2. The molecule has 0 aromatic heterocycles. The van der Waals surface area contributed by atoms with Gasteiger partial charge in [0.2, 0.25) is 11.8 Å². The van der Waals surface area contributed by atoms with E-state index >= 15 is 4.79 Å². The van der Waals surface area contributed by atoms with E-state index in [1.54, 1.807) is 32.9 Å². The second-order valence-corrected chi connectivity index (χ2v) is 19.1. The monoisotopic (exact) mass is 945 g/mol. The van der Waals surface area contributed by atoms with E-state index in [2.05, 4.69) is 41.8 Å². The van der Waals surface area contributed by atoms with Crippen LogP contribution in [-0.4, -0.2) is 106 Å². The van der Waals surface area contributed by atoms with E-state index in [-0.39, 0.29) is 32.2 Å². The first-order valence-corrected chi connectivity index (χ1v) is 22.9. The molecule has 4 aliphatic rings. The molecule has 6 rings (SSSR count). The number of esters is 2. The summed E-state index contributed by atoms with van der Waals surface area (Å²) >= 11 is 2.26. The van der Waals surface area contributed by atoms with Gasteiger partial charge in [0, 0.05) is 42.7 Å². The molecule has 330 valence electrons. The molecule has 1 saturated carbocycles. The lowest BCUT2D eigenvalue weighted by Gasteiger charge is -2.50. The number of fused-ring (bicyclic) bond motifs is 4. The molecule has 2 aromatic rings. The van der Waals surface area contributed by atoms with Crippen molar-refractivity contribution in [3.8, 4) is 0 Å². The lowest BCUT2D eigenvalue weighted by atomic mass is 9.62. The second-order valence-electron chi connectivity index (χ2n) is 17.9. The van der Waals surface area contributed by atoms with Gasteiger partial charge in [-0.05, 0) is 79.8 Å². The number of rotatable bonds is 20. The van der Waals surface area contributed by atoms with Gasteiger partial charge in [-0.3, -0.25) is 24.0 Å². The van der Waals surface area contributed by atoms with E-state index in [0.717, 1.165) is 53.2 Å². The van der Waals surface area contributed by atoms with Crippen LogP contribution in [0.2, 0.25) is 0 Å². The molecule has 2 bridgehead atoms. The van der Waals surface area contributed by atoms with E-state index in [1.807, 2.05) is 54.6 Å². The molecule has 0 radical (unpaired) electrons. The number of carbonyl (C=O) groups is 4. The van der Waals surface area contributed by atoms with Gasteiger partial charge in [-0.25, -0.2) is 0 Å². The molecule has 3 saturated heterocycles. The average Bonchev–Trinajstić information content (AvgIpc) is 3.77. The third kappa shape index (κ3) is 10.2. The zero-order valence-corrected chi connectivity index (χ0v) is 38.2. The van der Waals surface area contributed by atoms with Gasteiger partial charge in [0.05, 0.1) is 19.2 Å². The lowest BCUT2D eigenvalue weighted by Crippen LogP contribution is -2.70. The van der Waals surface area contributed by atoms with Crippen molar-refractivity contribution < 1.29 is 48.1 Å². The van der Waals surface area contributed by atoms with Crippen LogP contribution in [0.15, 0.2) is 54.6 Å². The molecule has 60 heavy (non-hydrogen) atoms. The highest BCUT2D eigenvalue weighted by molar-refractivity contribution is 14.1. The van der Waals surface area contributed by atoms with Crippen LogP contribution < -0.4 is 5.32 Å². The standard InChI is InChI=1S/C46H64IN3O10/c1-7-9-16-24-45(25-17-10-8-2)58-37-35-27-46(39(42(54)56-35)50(60-40(46)38(37)59-45)28-31-20-14-15-21-33(31)47)43(55)49(6)34(26-30-18-12-11-13-19-30)41(53)48-32(29-51)22-23-36(52)57-44(3,4)5/h11-15,18-21,32,34-35,37-40,51H,7-10,16-17,22-29H2,1-6H3,(H,48,53)/t32-,34+,35+,37-,38-,39-,40+,46-/m0/s1. The summed E-state index contributed by atoms with van der Waals surface area (Å²) < 4.78 is 26.7. The summed E-state index contributed by atoms with van der Waals surface area (Å²) in [6.07, 6.45) is 4.52. The van der Waals surface area contributed by atoms with Crippen LogP contribution in [0.1, 0.15) is 116 Å². The number of benzene rings is 2. The fourth-order valence-corrected chi connectivity index (χ4v) is 9.93. The number of hydrogen-bond donors (Lipinski definition) is 2. The second kappa shape index (κ2) is 19.9. The number of nitrogens with one attached hydrogen (secondary N) is 1. The molecule has 3 aliphatic heterocycles. The van der Waals surface area contributed by atoms with Crippen LogP contribution in [0.4, 0.5) is 0 Å². The van der Waals surface area contributed by atoms with Crippen molar-refractivity contribution in [2.24, 2.45) is 5.41 Å². The first-order chi connectivity index (χ1) is 28.6. The number of halogens is 1. The molecule has 4 fully saturated rings. The molecule has 2 aromatic carbocycles. The normalized spacial score (nSPS) is 26.5.